The fourth-order valence-corrected chi connectivity index (χ4v) is 4.18. The molecule has 3 heterocycles. The Labute approximate surface area is 151 Å². The number of hydrogen-bond donors (Lipinski definition) is 1. The molecule has 1 atom stereocenters. The molecule has 1 aromatic carbocycles. The van der Waals surface area contributed by atoms with Crippen molar-refractivity contribution in [1.82, 2.24) is 10.2 Å². The SMILES string of the molecule is O=C(Cc1cccs1)NCC(c1ccc2c(c1)OCO2)N1CCCC1. The maximum Gasteiger partial charge on any atom is 0.231 e. The van der Waals surface area contributed by atoms with Gasteiger partial charge in [0.25, 0.3) is 0 Å². The minimum atomic E-state index is 0.0763. The van der Waals surface area contributed by atoms with Gasteiger partial charge in [-0.05, 0) is 55.1 Å². The number of rotatable bonds is 6. The number of nitrogens with zero attached hydrogens (tertiary/aromatic N) is 1. The molecule has 0 radical (unpaired) electrons. The van der Waals surface area contributed by atoms with Crippen LogP contribution in [0.3, 0.4) is 0 Å². The van der Waals surface area contributed by atoms with Crippen molar-refractivity contribution in [2.75, 3.05) is 26.4 Å². The van der Waals surface area contributed by atoms with Crippen LogP contribution in [0, 0.1) is 0 Å². The molecule has 5 nitrogen and oxygen atoms in total. The van der Waals surface area contributed by atoms with Gasteiger partial charge in [0, 0.05) is 11.4 Å². The fraction of sp³-hybridized carbons (Fsp3) is 0.421. The summed E-state index contributed by atoms with van der Waals surface area (Å²) in [6, 6.07) is 10.3. The van der Waals surface area contributed by atoms with Crippen LogP contribution in [0.1, 0.15) is 29.3 Å². The van der Waals surface area contributed by atoms with Crippen molar-refractivity contribution in [3.63, 3.8) is 0 Å². The number of likely N-dealkylation sites (tertiary alicyclic amines) is 1. The van der Waals surface area contributed by atoms with Gasteiger partial charge in [0.15, 0.2) is 11.5 Å². The average Bonchev–Trinajstić information content (AvgIpc) is 3.37. The van der Waals surface area contributed by atoms with Crippen LogP contribution in [0.5, 0.6) is 11.5 Å². The molecule has 1 unspecified atom stereocenters. The Kier molecular flexibility index (Phi) is 4.90. The van der Waals surface area contributed by atoms with Gasteiger partial charge in [-0.3, -0.25) is 9.69 Å². The number of nitrogens with one attached hydrogen (secondary N) is 1. The lowest BCUT2D eigenvalue weighted by atomic mass is 10.0. The number of thiophene rings is 1. The van der Waals surface area contributed by atoms with Gasteiger partial charge in [-0.2, -0.15) is 0 Å². The number of hydrogen-bond acceptors (Lipinski definition) is 5. The minimum absolute atomic E-state index is 0.0763. The molecule has 0 saturated carbocycles. The minimum Gasteiger partial charge on any atom is -0.454 e. The predicted molar refractivity (Wildman–Crippen MR) is 97.1 cm³/mol. The van der Waals surface area contributed by atoms with Gasteiger partial charge in [0.2, 0.25) is 12.7 Å². The average molecular weight is 358 g/mol. The second-order valence-electron chi connectivity index (χ2n) is 6.43. The first-order valence-electron chi connectivity index (χ1n) is 8.72. The monoisotopic (exact) mass is 358 g/mol. The van der Waals surface area contributed by atoms with E-state index in [9.17, 15) is 4.79 Å². The number of carbonyl (C=O) groups is 1. The molecule has 4 rings (SSSR count). The molecule has 1 saturated heterocycles. The Hall–Kier alpha value is -2.05. The van der Waals surface area contributed by atoms with E-state index >= 15 is 0 Å². The van der Waals surface area contributed by atoms with Crippen molar-refractivity contribution in [3.05, 3.63) is 46.2 Å². The van der Waals surface area contributed by atoms with E-state index in [1.807, 2.05) is 23.6 Å². The van der Waals surface area contributed by atoms with Gasteiger partial charge < -0.3 is 14.8 Å². The van der Waals surface area contributed by atoms with E-state index in [1.165, 1.54) is 18.4 Å². The van der Waals surface area contributed by atoms with Crippen LogP contribution in [0.25, 0.3) is 0 Å². The van der Waals surface area contributed by atoms with Gasteiger partial charge in [-0.15, -0.1) is 11.3 Å². The third-order valence-electron chi connectivity index (χ3n) is 4.77. The van der Waals surface area contributed by atoms with Crippen molar-refractivity contribution < 1.29 is 14.3 Å². The van der Waals surface area contributed by atoms with Crippen LogP contribution in [0.4, 0.5) is 0 Å². The summed E-state index contributed by atoms with van der Waals surface area (Å²) in [5.74, 6) is 1.67. The zero-order chi connectivity index (χ0) is 17.1. The summed E-state index contributed by atoms with van der Waals surface area (Å²) >= 11 is 1.62. The van der Waals surface area contributed by atoms with Gasteiger partial charge in [0.1, 0.15) is 0 Å². The number of ether oxygens (including phenoxy) is 2. The van der Waals surface area contributed by atoms with Crippen molar-refractivity contribution in [2.45, 2.75) is 25.3 Å². The van der Waals surface area contributed by atoms with Crippen molar-refractivity contribution in [3.8, 4) is 11.5 Å². The Morgan fingerprint density at radius 2 is 2.04 bits per heavy atom. The highest BCUT2D eigenvalue weighted by atomic mass is 32.1. The number of fused-ring (bicyclic) bond motifs is 1. The van der Waals surface area contributed by atoms with Gasteiger partial charge in [0.05, 0.1) is 12.5 Å². The zero-order valence-electron chi connectivity index (χ0n) is 14.1. The summed E-state index contributed by atoms with van der Waals surface area (Å²) in [5.41, 5.74) is 1.17. The van der Waals surface area contributed by atoms with E-state index in [-0.39, 0.29) is 18.7 Å². The van der Waals surface area contributed by atoms with E-state index in [0.717, 1.165) is 29.5 Å². The van der Waals surface area contributed by atoms with Crippen molar-refractivity contribution in [1.29, 1.82) is 0 Å². The van der Waals surface area contributed by atoms with Crippen LogP contribution in [0.2, 0.25) is 0 Å². The molecule has 0 bridgehead atoms. The lowest BCUT2D eigenvalue weighted by Crippen LogP contribution is -2.37. The highest BCUT2D eigenvalue weighted by Crippen LogP contribution is 2.36. The molecule has 6 heteroatoms. The molecule has 1 amide bonds. The fourth-order valence-electron chi connectivity index (χ4n) is 3.48. The Balaban J connectivity index is 1.45. The highest BCUT2D eigenvalue weighted by Gasteiger charge is 2.26. The van der Waals surface area contributed by atoms with E-state index in [1.54, 1.807) is 11.3 Å². The topological polar surface area (TPSA) is 50.8 Å². The second-order valence-corrected chi connectivity index (χ2v) is 7.46. The molecule has 2 aliphatic heterocycles. The van der Waals surface area contributed by atoms with Crippen LogP contribution < -0.4 is 14.8 Å². The third kappa shape index (κ3) is 3.80. The van der Waals surface area contributed by atoms with Gasteiger partial charge >= 0.3 is 0 Å². The lowest BCUT2D eigenvalue weighted by molar-refractivity contribution is -0.120. The molecular formula is C19H22N2O3S. The summed E-state index contributed by atoms with van der Waals surface area (Å²) < 4.78 is 10.9. The Morgan fingerprint density at radius 1 is 1.20 bits per heavy atom. The number of benzene rings is 1. The molecule has 25 heavy (non-hydrogen) atoms. The molecule has 1 N–H and O–H groups in total. The summed E-state index contributed by atoms with van der Waals surface area (Å²) in [5, 5.41) is 5.12. The second kappa shape index (κ2) is 7.45. The lowest BCUT2D eigenvalue weighted by Gasteiger charge is -2.28. The van der Waals surface area contributed by atoms with Crippen LogP contribution >= 0.6 is 11.3 Å². The molecule has 1 aromatic heterocycles. The van der Waals surface area contributed by atoms with E-state index in [2.05, 4.69) is 22.3 Å². The molecule has 0 aliphatic carbocycles. The smallest absolute Gasteiger partial charge is 0.231 e. The summed E-state index contributed by atoms with van der Waals surface area (Å²) in [4.78, 5) is 15.8. The summed E-state index contributed by atoms with van der Waals surface area (Å²) in [6.45, 7) is 3.04. The van der Waals surface area contributed by atoms with Crippen molar-refractivity contribution in [2.24, 2.45) is 0 Å². The highest BCUT2D eigenvalue weighted by molar-refractivity contribution is 7.10. The van der Waals surface area contributed by atoms with E-state index in [4.69, 9.17) is 9.47 Å². The first-order chi connectivity index (χ1) is 12.3. The number of amides is 1. The van der Waals surface area contributed by atoms with Crippen LogP contribution in [-0.4, -0.2) is 37.2 Å². The first kappa shape index (κ1) is 16.4. The molecule has 0 spiro atoms. The Bertz CT molecular complexity index is 726. The number of carbonyl (C=O) groups excluding carboxylic acids is 1. The van der Waals surface area contributed by atoms with Gasteiger partial charge in [-0.25, -0.2) is 0 Å². The maximum atomic E-state index is 12.3. The van der Waals surface area contributed by atoms with E-state index in [0.29, 0.717) is 13.0 Å². The maximum absolute atomic E-state index is 12.3. The molecule has 2 aromatic rings. The van der Waals surface area contributed by atoms with E-state index < -0.39 is 0 Å². The predicted octanol–water partition coefficient (Wildman–Crippen LogP) is 2.97. The molecule has 132 valence electrons. The van der Waals surface area contributed by atoms with Crippen LogP contribution in [-0.2, 0) is 11.2 Å². The Morgan fingerprint density at radius 3 is 2.84 bits per heavy atom. The first-order valence-corrected chi connectivity index (χ1v) is 9.60. The molecular weight excluding hydrogens is 336 g/mol. The quantitative estimate of drug-likeness (QED) is 0.863. The summed E-state index contributed by atoms with van der Waals surface area (Å²) in [6.07, 6.45) is 2.87. The molecule has 1 fully saturated rings. The zero-order valence-corrected chi connectivity index (χ0v) is 14.9. The molecule has 2 aliphatic rings. The third-order valence-corrected chi connectivity index (χ3v) is 5.65. The largest absolute Gasteiger partial charge is 0.454 e. The normalized spacial score (nSPS) is 17.6. The van der Waals surface area contributed by atoms with Gasteiger partial charge in [-0.1, -0.05) is 12.1 Å². The van der Waals surface area contributed by atoms with Crippen molar-refractivity contribution >= 4 is 17.2 Å². The standard InChI is InChI=1S/C19H22N2O3S/c22-19(11-15-4-3-9-25-15)20-12-16(21-7-1-2-8-21)14-5-6-17-18(10-14)24-13-23-17/h3-6,9-10,16H,1-2,7-8,11-13H2,(H,20,22). The summed E-state index contributed by atoms with van der Waals surface area (Å²) in [7, 11) is 0. The van der Waals surface area contributed by atoms with Crippen LogP contribution in [0.15, 0.2) is 35.7 Å².